The van der Waals surface area contributed by atoms with E-state index in [1.54, 1.807) is 6.07 Å². The zero-order chi connectivity index (χ0) is 13.4. The normalized spacial score (nSPS) is 31.4. The highest BCUT2D eigenvalue weighted by Gasteiger charge is 2.38. The molecule has 0 bridgehead atoms. The summed E-state index contributed by atoms with van der Waals surface area (Å²) in [5.41, 5.74) is 7.18. The number of hydrogen-bond acceptors (Lipinski definition) is 4. The maximum Gasteiger partial charge on any atom is 0.144 e. The standard InChI is InChI=1S/C14H21ClN4/c1-9-5-13(15)18-14(17-9)8-19-6-10-3-2-4-12(16)11(10)7-19/h5,10-12H,2-4,6-8,16H2,1H3. The van der Waals surface area contributed by atoms with Crippen LogP contribution >= 0.6 is 11.6 Å². The molecule has 2 aliphatic rings. The van der Waals surface area contributed by atoms with E-state index < -0.39 is 0 Å². The first-order valence-electron chi connectivity index (χ1n) is 7.10. The number of rotatable bonds is 2. The molecule has 19 heavy (non-hydrogen) atoms. The van der Waals surface area contributed by atoms with E-state index in [2.05, 4.69) is 14.9 Å². The molecular formula is C14H21ClN4. The van der Waals surface area contributed by atoms with Crippen molar-refractivity contribution in [3.63, 3.8) is 0 Å². The topological polar surface area (TPSA) is 55.0 Å². The van der Waals surface area contributed by atoms with Crippen LogP contribution in [0.2, 0.25) is 5.15 Å². The summed E-state index contributed by atoms with van der Waals surface area (Å²) in [5.74, 6) is 2.26. The number of halogens is 1. The summed E-state index contributed by atoms with van der Waals surface area (Å²) in [6.45, 7) is 4.96. The summed E-state index contributed by atoms with van der Waals surface area (Å²) < 4.78 is 0. The minimum atomic E-state index is 0.380. The molecule has 1 aliphatic carbocycles. The molecular weight excluding hydrogens is 260 g/mol. The van der Waals surface area contributed by atoms with Gasteiger partial charge in [-0.1, -0.05) is 18.0 Å². The van der Waals surface area contributed by atoms with Gasteiger partial charge in [0.15, 0.2) is 0 Å². The molecule has 0 radical (unpaired) electrons. The number of aromatic nitrogens is 2. The predicted octanol–water partition coefficient (Wildman–Crippen LogP) is 2.00. The zero-order valence-electron chi connectivity index (χ0n) is 11.3. The summed E-state index contributed by atoms with van der Waals surface area (Å²) in [7, 11) is 0. The van der Waals surface area contributed by atoms with Crippen LogP contribution in [0.5, 0.6) is 0 Å². The third kappa shape index (κ3) is 2.91. The lowest BCUT2D eigenvalue weighted by Gasteiger charge is -2.29. The Hall–Kier alpha value is -0.710. The number of nitrogens with two attached hydrogens (primary N) is 1. The smallest absolute Gasteiger partial charge is 0.144 e. The van der Waals surface area contributed by atoms with Gasteiger partial charge in [-0.05, 0) is 37.7 Å². The maximum absolute atomic E-state index is 6.24. The lowest BCUT2D eigenvalue weighted by molar-refractivity contribution is 0.259. The Balaban J connectivity index is 1.68. The largest absolute Gasteiger partial charge is 0.327 e. The van der Waals surface area contributed by atoms with Crippen LogP contribution in [-0.4, -0.2) is 34.0 Å². The van der Waals surface area contributed by atoms with Gasteiger partial charge in [-0.15, -0.1) is 0 Å². The molecule has 1 aromatic heterocycles. The Bertz CT molecular complexity index is 445. The summed E-state index contributed by atoms with van der Waals surface area (Å²) in [4.78, 5) is 11.2. The fourth-order valence-electron chi connectivity index (χ4n) is 3.60. The molecule has 3 unspecified atom stereocenters. The van der Waals surface area contributed by atoms with Crippen molar-refractivity contribution in [1.82, 2.24) is 14.9 Å². The first-order chi connectivity index (χ1) is 9.11. The SMILES string of the molecule is Cc1cc(Cl)nc(CN2CC3CCCC(N)C3C2)n1. The Morgan fingerprint density at radius 3 is 2.95 bits per heavy atom. The molecule has 0 amide bonds. The lowest BCUT2D eigenvalue weighted by Crippen LogP contribution is -2.38. The van der Waals surface area contributed by atoms with Crippen molar-refractivity contribution in [2.45, 2.75) is 38.8 Å². The molecule has 104 valence electrons. The highest BCUT2D eigenvalue weighted by atomic mass is 35.5. The average molecular weight is 281 g/mol. The molecule has 1 saturated heterocycles. The molecule has 2 N–H and O–H groups in total. The molecule has 2 heterocycles. The van der Waals surface area contributed by atoms with E-state index in [0.29, 0.717) is 17.1 Å². The van der Waals surface area contributed by atoms with Crippen LogP contribution in [0.1, 0.15) is 30.8 Å². The van der Waals surface area contributed by atoms with Crippen molar-refractivity contribution in [3.8, 4) is 0 Å². The van der Waals surface area contributed by atoms with Gasteiger partial charge in [0.25, 0.3) is 0 Å². The van der Waals surface area contributed by atoms with Gasteiger partial charge >= 0.3 is 0 Å². The van der Waals surface area contributed by atoms with Gasteiger partial charge in [-0.3, -0.25) is 4.90 Å². The summed E-state index contributed by atoms with van der Waals surface area (Å²) >= 11 is 5.99. The van der Waals surface area contributed by atoms with E-state index in [1.807, 2.05) is 6.92 Å². The summed E-state index contributed by atoms with van der Waals surface area (Å²) in [6.07, 6.45) is 3.79. The van der Waals surface area contributed by atoms with Gasteiger partial charge in [0, 0.05) is 24.8 Å². The van der Waals surface area contributed by atoms with Crippen molar-refractivity contribution in [3.05, 3.63) is 22.7 Å². The third-order valence-electron chi connectivity index (χ3n) is 4.46. The monoisotopic (exact) mass is 280 g/mol. The van der Waals surface area contributed by atoms with Crippen LogP contribution in [-0.2, 0) is 6.54 Å². The van der Waals surface area contributed by atoms with Crippen LogP contribution < -0.4 is 5.73 Å². The average Bonchev–Trinajstić information content (AvgIpc) is 2.71. The molecule has 5 heteroatoms. The van der Waals surface area contributed by atoms with E-state index in [0.717, 1.165) is 37.1 Å². The molecule has 1 aliphatic heterocycles. The zero-order valence-corrected chi connectivity index (χ0v) is 12.1. The maximum atomic E-state index is 6.24. The molecule has 3 rings (SSSR count). The van der Waals surface area contributed by atoms with Crippen LogP contribution in [0.25, 0.3) is 0 Å². The van der Waals surface area contributed by atoms with E-state index in [9.17, 15) is 0 Å². The second-order valence-electron chi connectivity index (χ2n) is 5.96. The minimum Gasteiger partial charge on any atom is -0.327 e. The Kier molecular flexibility index (Phi) is 3.74. The van der Waals surface area contributed by atoms with Crippen LogP contribution in [0.4, 0.5) is 0 Å². The fraction of sp³-hybridized carbons (Fsp3) is 0.714. The molecule has 1 aromatic rings. The fourth-order valence-corrected chi connectivity index (χ4v) is 3.85. The van der Waals surface area contributed by atoms with Crippen LogP contribution in [0, 0.1) is 18.8 Å². The van der Waals surface area contributed by atoms with Crippen LogP contribution in [0.15, 0.2) is 6.07 Å². The Morgan fingerprint density at radius 2 is 2.21 bits per heavy atom. The second kappa shape index (κ2) is 5.35. The second-order valence-corrected chi connectivity index (χ2v) is 6.35. The van der Waals surface area contributed by atoms with Gasteiger partial charge in [0.05, 0.1) is 6.54 Å². The van der Waals surface area contributed by atoms with E-state index in [1.165, 1.54) is 19.3 Å². The minimum absolute atomic E-state index is 0.380. The van der Waals surface area contributed by atoms with E-state index in [4.69, 9.17) is 17.3 Å². The van der Waals surface area contributed by atoms with Gasteiger partial charge in [-0.2, -0.15) is 0 Å². The van der Waals surface area contributed by atoms with Gasteiger partial charge in [0.2, 0.25) is 0 Å². The van der Waals surface area contributed by atoms with Crippen molar-refractivity contribution in [2.75, 3.05) is 13.1 Å². The molecule has 3 atom stereocenters. The van der Waals surface area contributed by atoms with Gasteiger partial charge in [-0.25, -0.2) is 9.97 Å². The van der Waals surface area contributed by atoms with Crippen molar-refractivity contribution < 1.29 is 0 Å². The Morgan fingerprint density at radius 1 is 1.37 bits per heavy atom. The number of fused-ring (bicyclic) bond motifs is 1. The first-order valence-corrected chi connectivity index (χ1v) is 7.47. The third-order valence-corrected chi connectivity index (χ3v) is 4.66. The van der Waals surface area contributed by atoms with Crippen molar-refractivity contribution in [2.24, 2.45) is 17.6 Å². The van der Waals surface area contributed by atoms with Gasteiger partial charge in [0.1, 0.15) is 11.0 Å². The first kappa shape index (κ1) is 13.3. The van der Waals surface area contributed by atoms with Crippen LogP contribution in [0.3, 0.4) is 0 Å². The number of nitrogens with zero attached hydrogens (tertiary/aromatic N) is 3. The highest BCUT2D eigenvalue weighted by Crippen LogP contribution is 2.35. The molecule has 2 fully saturated rings. The number of aryl methyl sites for hydroxylation is 1. The number of likely N-dealkylation sites (tertiary alicyclic amines) is 1. The predicted molar refractivity (Wildman–Crippen MR) is 75.9 cm³/mol. The summed E-state index contributed by atoms with van der Waals surface area (Å²) in [5, 5.41) is 0.538. The Labute approximate surface area is 119 Å². The summed E-state index contributed by atoms with van der Waals surface area (Å²) in [6, 6.07) is 2.18. The quantitative estimate of drug-likeness (QED) is 0.842. The lowest BCUT2D eigenvalue weighted by atomic mass is 9.78. The molecule has 4 nitrogen and oxygen atoms in total. The highest BCUT2D eigenvalue weighted by molar-refractivity contribution is 6.29. The van der Waals surface area contributed by atoms with E-state index in [-0.39, 0.29) is 0 Å². The molecule has 0 aromatic carbocycles. The van der Waals surface area contributed by atoms with Crippen molar-refractivity contribution >= 4 is 11.6 Å². The molecule has 0 spiro atoms. The van der Waals surface area contributed by atoms with E-state index >= 15 is 0 Å². The van der Waals surface area contributed by atoms with Crippen molar-refractivity contribution in [1.29, 1.82) is 0 Å². The number of hydrogen-bond donors (Lipinski definition) is 1. The van der Waals surface area contributed by atoms with Gasteiger partial charge < -0.3 is 5.73 Å². The molecule has 1 saturated carbocycles.